The Bertz CT molecular complexity index is 361. The first-order valence-electron chi connectivity index (χ1n) is 7.52. The lowest BCUT2D eigenvalue weighted by Gasteiger charge is -2.34. The third kappa shape index (κ3) is 4.10. The number of piperazine rings is 1. The van der Waals surface area contributed by atoms with Gasteiger partial charge < -0.3 is 15.3 Å². The molecule has 2 N–H and O–H groups in total. The molecule has 2 amide bonds. The second-order valence-electron chi connectivity index (χ2n) is 6.07. The van der Waals surface area contributed by atoms with Crippen molar-refractivity contribution in [3.8, 4) is 0 Å². The van der Waals surface area contributed by atoms with Crippen molar-refractivity contribution in [2.45, 2.75) is 32.6 Å². The average molecular weight is 283 g/mol. The van der Waals surface area contributed by atoms with Crippen LogP contribution in [0.5, 0.6) is 0 Å². The number of carboxylic acids is 1. The van der Waals surface area contributed by atoms with E-state index in [4.69, 9.17) is 5.11 Å². The molecule has 1 heterocycles. The van der Waals surface area contributed by atoms with Gasteiger partial charge in [0.1, 0.15) is 0 Å². The monoisotopic (exact) mass is 283 g/mol. The summed E-state index contributed by atoms with van der Waals surface area (Å²) >= 11 is 0. The maximum Gasteiger partial charge on any atom is 0.317 e. The van der Waals surface area contributed by atoms with Gasteiger partial charge in [0.15, 0.2) is 0 Å². The molecule has 1 aliphatic carbocycles. The molecule has 0 aromatic carbocycles. The predicted molar refractivity (Wildman–Crippen MR) is 75.6 cm³/mol. The Kier molecular flexibility index (Phi) is 4.86. The van der Waals surface area contributed by atoms with Crippen LogP contribution in [0, 0.1) is 5.41 Å². The first-order valence-corrected chi connectivity index (χ1v) is 7.52. The van der Waals surface area contributed by atoms with Gasteiger partial charge in [0.05, 0.1) is 6.54 Å². The Morgan fingerprint density at radius 1 is 1.20 bits per heavy atom. The molecule has 0 aromatic rings. The van der Waals surface area contributed by atoms with Crippen LogP contribution < -0.4 is 5.32 Å². The summed E-state index contributed by atoms with van der Waals surface area (Å²) in [5, 5.41) is 11.8. The van der Waals surface area contributed by atoms with E-state index < -0.39 is 5.97 Å². The molecule has 20 heavy (non-hydrogen) atoms. The third-order valence-electron chi connectivity index (χ3n) is 4.37. The molecule has 6 nitrogen and oxygen atoms in total. The van der Waals surface area contributed by atoms with E-state index in [2.05, 4.69) is 12.2 Å². The third-order valence-corrected chi connectivity index (χ3v) is 4.37. The van der Waals surface area contributed by atoms with Gasteiger partial charge in [-0.1, -0.05) is 13.3 Å². The summed E-state index contributed by atoms with van der Waals surface area (Å²) in [6, 6.07) is 0.00218. The van der Waals surface area contributed by atoms with Crippen LogP contribution in [0.25, 0.3) is 0 Å². The summed E-state index contributed by atoms with van der Waals surface area (Å²) in [5.41, 5.74) is 0.371. The van der Waals surface area contributed by atoms with Crippen molar-refractivity contribution in [1.29, 1.82) is 0 Å². The number of carbonyl (C=O) groups is 2. The molecule has 1 saturated heterocycles. The lowest BCUT2D eigenvalue weighted by Crippen LogP contribution is -2.53. The second kappa shape index (κ2) is 6.43. The number of carboxylic acid groups (broad SMARTS) is 1. The molecule has 0 radical (unpaired) electrons. The maximum absolute atomic E-state index is 12.1. The van der Waals surface area contributed by atoms with Gasteiger partial charge in [-0.2, -0.15) is 0 Å². The number of hydrogen-bond donors (Lipinski definition) is 2. The van der Waals surface area contributed by atoms with Crippen LogP contribution in [0.15, 0.2) is 0 Å². The Morgan fingerprint density at radius 3 is 2.35 bits per heavy atom. The molecule has 0 atom stereocenters. The van der Waals surface area contributed by atoms with Crippen LogP contribution in [-0.4, -0.2) is 66.2 Å². The average Bonchev–Trinajstić information content (AvgIpc) is 3.17. The SMILES string of the molecule is CCCC1(CNC(=O)N2CCN(CC(=O)O)CC2)CC1. The van der Waals surface area contributed by atoms with Gasteiger partial charge in [0.25, 0.3) is 0 Å². The molecule has 0 aromatic heterocycles. The number of aliphatic carboxylic acids is 1. The van der Waals surface area contributed by atoms with Crippen LogP contribution in [0.2, 0.25) is 0 Å². The van der Waals surface area contributed by atoms with E-state index in [9.17, 15) is 9.59 Å². The highest BCUT2D eigenvalue weighted by molar-refractivity contribution is 5.74. The minimum absolute atomic E-state index is 0.00218. The topological polar surface area (TPSA) is 72.9 Å². The Balaban J connectivity index is 1.68. The van der Waals surface area contributed by atoms with E-state index in [0.717, 1.165) is 6.54 Å². The highest BCUT2D eigenvalue weighted by Crippen LogP contribution is 2.48. The fraction of sp³-hybridized carbons (Fsp3) is 0.857. The Labute approximate surface area is 120 Å². The van der Waals surface area contributed by atoms with E-state index in [0.29, 0.717) is 31.6 Å². The zero-order chi connectivity index (χ0) is 14.6. The van der Waals surface area contributed by atoms with Crippen LogP contribution in [0.1, 0.15) is 32.6 Å². The summed E-state index contributed by atoms with van der Waals surface area (Å²) in [5.74, 6) is -0.807. The molecule has 2 aliphatic rings. The van der Waals surface area contributed by atoms with Crippen molar-refractivity contribution < 1.29 is 14.7 Å². The number of urea groups is 1. The molecule has 114 valence electrons. The number of amides is 2. The molecule has 2 rings (SSSR count). The first-order chi connectivity index (χ1) is 9.54. The second-order valence-corrected chi connectivity index (χ2v) is 6.07. The van der Waals surface area contributed by atoms with Crippen molar-refractivity contribution >= 4 is 12.0 Å². The number of nitrogens with one attached hydrogen (secondary N) is 1. The zero-order valence-corrected chi connectivity index (χ0v) is 12.2. The van der Waals surface area contributed by atoms with Crippen LogP contribution in [-0.2, 0) is 4.79 Å². The minimum atomic E-state index is -0.807. The summed E-state index contributed by atoms with van der Waals surface area (Å²) in [7, 11) is 0. The molecule has 6 heteroatoms. The molecular weight excluding hydrogens is 258 g/mol. The maximum atomic E-state index is 12.1. The van der Waals surface area contributed by atoms with E-state index >= 15 is 0 Å². The molecule has 2 fully saturated rings. The summed E-state index contributed by atoms with van der Waals surface area (Å²) < 4.78 is 0. The van der Waals surface area contributed by atoms with Gasteiger partial charge in [-0.15, -0.1) is 0 Å². The largest absolute Gasteiger partial charge is 0.480 e. The van der Waals surface area contributed by atoms with Gasteiger partial charge in [0, 0.05) is 32.7 Å². The van der Waals surface area contributed by atoms with E-state index in [-0.39, 0.29) is 12.6 Å². The van der Waals surface area contributed by atoms with Crippen molar-refractivity contribution in [2.24, 2.45) is 5.41 Å². The first kappa shape index (κ1) is 15.1. The molecule has 0 unspecified atom stereocenters. The fourth-order valence-electron chi connectivity index (χ4n) is 2.90. The van der Waals surface area contributed by atoms with Gasteiger partial charge in [-0.25, -0.2) is 4.79 Å². The number of nitrogens with zero attached hydrogens (tertiary/aromatic N) is 2. The quantitative estimate of drug-likeness (QED) is 0.762. The molecule has 0 spiro atoms. The predicted octanol–water partition coefficient (Wildman–Crippen LogP) is 0.979. The van der Waals surface area contributed by atoms with Crippen LogP contribution in [0.3, 0.4) is 0 Å². The zero-order valence-electron chi connectivity index (χ0n) is 12.2. The molecule has 1 saturated carbocycles. The summed E-state index contributed by atoms with van der Waals surface area (Å²) in [6.07, 6.45) is 4.82. The summed E-state index contributed by atoms with van der Waals surface area (Å²) in [6.45, 7) is 5.53. The van der Waals surface area contributed by atoms with Gasteiger partial charge in [-0.3, -0.25) is 9.69 Å². The van der Waals surface area contributed by atoms with E-state index in [1.165, 1.54) is 25.7 Å². The highest BCUT2D eigenvalue weighted by atomic mass is 16.4. The number of rotatable bonds is 6. The van der Waals surface area contributed by atoms with Crippen LogP contribution in [0.4, 0.5) is 4.79 Å². The normalized spacial score (nSPS) is 21.6. The Hall–Kier alpha value is -1.30. The minimum Gasteiger partial charge on any atom is -0.480 e. The lowest BCUT2D eigenvalue weighted by atomic mass is 10.0. The van der Waals surface area contributed by atoms with E-state index in [1.54, 1.807) is 4.90 Å². The summed E-state index contributed by atoms with van der Waals surface area (Å²) in [4.78, 5) is 26.4. The molecular formula is C14H25N3O3. The van der Waals surface area contributed by atoms with Gasteiger partial charge in [0.2, 0.25) is 0 Å². The van der Waals surface area contributed by atoms with Gasteiger partial charge >= 0.3 is 12.0 Å². The molecule has 1 aliphatic heterocycles. The number of hydrogen-bond acceptors (Lipinski definition) is 3. The molecule has 0 bridgehead atoms. The van der Waals surface area contributed by atoms with Crippen molar-refractivity contribution in [1.82, 2.24) is 15.1 Å². The van der Waals surface area contributed by atoms with Gasteiger partial charge in [-0.05, 0) is 24.7 Å². The Morgan fingerprint density at radius 2 is 1.85 bits per heavy atom. The highest BCUT2D eigenvalue weighted by Gasteiger charge is 2.41. The fourth-order valence-corrected chi connectivity index (χ4v) is 2.90. The standard InChI is InChI=1S/C14H25N3O3/c1-2-3-14(4-5-14)11-15-13(20)17-8-6-16(7-9-17)10-12(18)19/h2-11H2,1H3,(H,15,20)(H,18,19). The van der Waals surface area contributed by atoms with Crippen molar-refractivity contribution in [2.75, 3.05) is 39.3 Å². The number of carbonyl (C=O) groups excluding carboxylic acids is 1. The lowest BCUT2D eigenvalue weighted by molar-refractivity contribution is -0.138. The smallest absolute Gasteiger partial charge is 0.317 e. The van der Waals surface area contributed by atoms with E-state index in [1.807, 2.05) is 4.90 Å². The van der Waals surface area contributed by atoms with Crippen molar-refractivity contribution in [3.05, 3.63) is 0 Å². The van der Waals surface area contributed by atoms with Crippen LogP contribution >= 0.6 is 0 Å². The van der Waals surface area contributed by atoms with Crippen molar-refractivity contribution in [3.63, 3.8) is 0 Å².